The number of fused-ring (bicyclic) bond motifs is 3. The summed E-state index contributed by atoms with van der Waals surface area (Å²) in [5.41, 5.74) is 0.633. The first-order valence-electron chi connectivity index (χ1n) is 7.94. The second-order valence-electron chi connectivity index (χ2n) is 7.09. The van der Waals surface area contributed by atoms with Gasteiger partial charge >= 0.3 is 5.97 Å². The molecule has 5 rings (SSSR count). The Morgan fingerprint density at radius 1 is 1.09 bits per heavy atom. The molecule has 1 spiro atoms. The van der Waals surface area contributed by atoms with Crippen LogP contribution in [0.1, 0.15) is 23.2 Å². The number of allylic oxidation sites excluding steroid dienone is 2. The van der Waals surface area contributed by atoms with Crippen molar-refractivity contribution < 1.29 is 19.5 Å². The summed E-state index contributed by atoms with van der Waals surface area (Å²) in [4.78, 5) is 38.2. The van der Waals surface area contributed by atoms with E-state index in [0.717, 1.165) is 12.8 Å². The van der Waals surface area contributed by atoms with E-state index in [0.29, 0.717) is 5.69 Å². The molecule has 3 fully saturated rings. The monoisotopic (exact) mass is 309 g/mol. The van der Waals surface area contributed by atoms with E-state index in [4.69, 9.17) is 5.11 Å². The van der Waals surface area contributed by atoms with Crippen LogP contribution < -0.4 is 4.90 Å². The maximum atomic E-state index is 12.9. The van der Waals surface area contributed by atoms with E-state index in [1.807, 2.05) is 0 Å². The maximum absolute atomic E-state index is 12.9. The van der Waals surface area contributed by atoms with E-state index in [1.165, 1.54) is 17.0 Å². The Morgan fingerprint density at radius 3 is 2.22 bits per heavy atom. The van der Waals surface area contributed by atoms with Gasteiger partial charge in [0.2, 0.25) is 11.8 Å². The molecule has 1 saturated heterocycles. The minimum absolute atomic E-state index is 0.0833. The van der Waals surface area contributed by atoms with Crippen molar-refractivity contribution in [2.24, 2.45) is 29.1 Å². The number of imide groups is 1. The number of hydrogen-bond acceptors (Lipinski definition) is 3. The van der Waals surface area contributed by atoms with Crippen LogP contribution in [0.15, 0.2) is 36.4 Å². The van der Waals surface area contributed by atoms with Crippen molar-refractivity contribution in [3.63, 3.8) is 0 Å². The van der Waals surface area contributed by atoms with Gasteiger partial charge in [0, 0.05) is 0 Å². The Hall–Kier alpha value is -2.43. The van der Waals surface area contributed by atoms with Crippen molar-refractivity contribution in [2.45, 2.75) is 12.8 Å². The van der Waals surface area contributed by atoms with Crippen LogP contribution in [0.5, 0.6) is 0 Å². The highest BCUT2D eigenvalue weighted by Crippen LogP contribution is 2.73. The van der Waals surface area contributed by atoms with Gasteiger partial charge in [0.05, 0.1) is 23.1 Å². The van der Waals surface area contributed by atoms with Gasteiger partial charge in [-0.3, -0.25) is 9.59 Å². The molecule has 4 atom stereocenters. The Bertz CT molecular complexity index is 773. The average Bonchev–Trinajstić information content (AvgIpc) is 3.13. The zero-order chi connectivity index (χ0) is 15.9. The van der Waals surface area contributed by atoms with Crippen LogP contribution in [-0.4, -0.2) is 22.9 Å². The summed E-state index contributed by atoms with van der Waals surface area (Å²) in [6, 6.07) is 6.07. The molecule has 0 aromatic heterocycles. The zero-order valence-corrected chi connectivity index (χ0v) is 12.3. The summed E-state index contributed by atoms with van der Waals surface area (Å²) in [6.07, 6.45) is 6.47. The zero-order valence-electron chi connectivity index (χ0n) is 12.3. The number of carbonyl (C=O) groups excluding carboxylic acids is 2. The van der Waals surface area contributed by atoms with Crippen LogP contribution >= 0.6 is 0 Å². The number of carboxylic acids is 1. The third-order valence-corrected chi connectivity index (χ3v) is 6.20. The fourth-order valence-electron chi connectivity index (χ4n) is 5.11. The lowest BCUT2D eigenvalue weighted by atomic mass is 9.85. The van der Waals surface area contributed by atoms with Gasteiger partial charge in [0.1, 0.15) is 0 Å². The van der Waals surface area contributed by atoms with Gasteiger partial charge < -0.3 is 5.11 Å². The SMILES string of the molecule is O=C(O)c1cccc(N2C(=O)[C@@H]3[C@@H](C2=O)[C@@H]2C=C[C@@H]3C23CC3)c1. The van der Waals surface area contributed by atoms with Crippen LogP contribution in [0.4, 0.5) is 5.69 Å². The number of carbonyl (C=O) groups is 3. The van der Waals surface area contributed by atoms with Crippen molar-refractivity contribution in [1.82, 2.24) is 0 Å². The van der Waals surface area contributed by atoms with Crippen molar-refractivity contribution >= 4 is 23.5 Å². The molecule has 0 radical (unpaired) electrons. The normalized spacial score (nSPS) is 35.2. The first-order valence-corrected chi connectivity index (χ1v) is 7.94. The molecule has 0 unspecified atom stereocenters. The molecule has 3 aliphatic carbocycles. The molecule has 116 valence electrons. The molecule has 5 nitrogen and oxygen atoms in total. The highest BCUT2D eigenvalue weighted by atomic mass is 16.4. The topological polar surface area (TPSA) is 74.7 Å². The Labute approximate surface area is 132 Å². The van der Waals surface area contributed by atoms with Crippen molar-refractivity contribution in [3.05, 3.63) is 42.0 Å². The van der Waals surface area contributed by atoms with Crippen LogP contribution in [0.2, 0.25) is 0 Å². The largest absolute Gasteiger partial charge is 0.478 e. The van der Waals surface area contributed by atoms with E-state index in [-0.39, 0.29) is 46.5 Å². The van der Waals surface area contributed by atoms with Crippen molar-refractivity contribution in [2.75, 3.05) is 4.90 Å². The molecule has 2 amide bonds. The molecule has 4 aliphatic rings. The number of anilines is 1. The minimum atomic E-state index is -1.06. The maximum Gasteiger partial charge on any atom is 0.335 e. The summed E-state index contributed by atoms with van der Waals surface area (Å²) in [6.45, 7) is 0. The molecule has 1 aliphatic heterocycles. The van der Waals surface area contributed by atoms with E-state index in [2.05, 4.69) is 12.2 Å². The number of rotatable bonds is 2. The Morgan fingerprint density at radius 2 is 1.70 bits per heavy atom. The van der Waals surface area contributed by atoms with E-state index in [9.17, 15) is 14.4 Å². The quantitative estimate of drug-likeness (QED) is 0.670. The molecule has 1 aromatic carbocycles. The van der Waals surface area contributed by atoms with Crippen LogP contribution in [0.25, 0.3) is 0 Å². The molecule has 23 heavy (non-hydrogen) atoms. The van der Waals surface area contributed by atoms with Gasteiger partial charge in [-0.25, -0.2) is 9.69 Å². The molecule has 1 aromatic rings. The molecule has 2 bridgehead atoms. The highest BCUT2D eigenvalue weighted by Gasteiger charge is 2.73. The number of carboxylic acid groups (broad SMARTS) is 1. The summed E-state index contributed by atoms with van der Waals surface area (Å²) in [5.74, 6) is -1.54. The van der Waals surface area contributed by atoms with Gasteiger partial charge in [0.15, 0.2) is 0 Å². The van der Waals surface area contributed by atoms with Crippen LogP contribution in [0, 0.1) is 29.1 Å². The lowest BCUT2D eigenvalue weighted by Gasteiger charge is -2.21. The van der Waals surface area contributed by atoms with E-state index in [1.54, 1.807) is 12.1 Å². The van der Waals surface area contributed by atoms with Gasteiger partial charge in [0.25, 0.3) is 0 Å². The van der Waals surface area contributed by atoms with Gasteiger partial charge in [-0.05, 0) is 48.3 Å². The van der Waals surface area contributed by atoms with Gasteiger partial charge in [-0.2, -0.15) is 0 Å². The first kappa shape index (κ1) is 13.0. The molecule has 5 heteroatoms. The highest BCUT2D eigenvalue weighted by molar-refractivity contribution is 6.23. The van der Waals surface area contributed by atoms with Crippen LogP contribution in [0.3, 0.4) is 0 Å². The predicted molar refractivity (Wildman–Crippen MR) is 80.7 cm³/mol. The van der Waals surface area contributed by atoms with Gasteiger partial charge in [-0.15, -0.1) is 0 Å². The molecular weight excluding hydrogens is 294 g/mol. The molecule has 2 saturated carbocycles. The van der Waals surface area contributed by atoms with Crippen molar-refractivity contribution in [3.8, 4) is 0 Å². The summed E-state index contributed by atoms with van der Waals surface area (Å²) < 4.78 is 0. The van der Waals surface area contributed by atoms with E-state index >= 15 is 0 Å². The Balaban J connectivity index is 1.56. The lowest BCUT2D eigenvalue weighted by Crippen LogP contribution is -2.34. The minimum Gasteiger partial charge on any atom is -0.478 e. The smallest absolute Gasteiger partial charge is 0.335 e. The molecule has 1 heterocycles. The third kappa shape index (κ3) is 1.41. The Kier molecular flexibility index (Phi) is 2.22. The van der Waals surface area contributed by atoms with Crippen LogP contribution in [-0.2, 0) is 9.59 Å². The second-order valence-corrected chi connectivity index (χ2v) is 7.09. The number of amides is 2. The summed E-state index contributed by atoms with van der Waals surface area (Å²) in [5, 5.41) is 9.12. The molecule has 1 N–H and O–H groups in total. The van der Waals surface area contributed by atoms with E-state index < -0.39 is 5.97 Å². The predicted octanol–water partition coefficient (Wildman–Crippen LogP) is 2.09. The number of hydrogen-bond donors (Lipinski definition) is 1. The van der Waals surface area contributed by atoms with Crippen molar-refractivity contribution in [1.29, 1.82) is 0 Å². The second kappa shape index (κ2) is 3.91. The summed E-state index contributed by atoms with van der Waals surface area (Å²) in [7, 11) is 0. The first-order chi connectivity index (χ1) is 11.0. The third-order valence-electron chi connectivity index (χ3n) is 6.20. The average molecular weight is 309 g/mol. The fraction of sp³-hybridized carbons (Fsp3) is 0.389. The number of nitrogens with zero attached hydrogens (tertiary/aromatic N) is 1. The van der Waals surface area contributed by atoms with Gasteiger partial charge in [-0.1, -0.05) is 18.2 Å². The standard InChI is InChI=1S/C18H15NO4/c20-15-13-11-4-5-12(18(11)6-7-18)14(13)16(21)19(15)10-3-1-2-9(8-10)17(22)23/h1-5,8,11-14H,6-7H2,(H,22,23)/t11-,12-,13-,14-/m0/s1. The molecular formula is C18H15NO4. The fourth-order valence-corrected chi connectivity index (χ4v) is 5.11. The number of benzene rings is 1. The number of aromatic carboxylic acids is 1. The summed E-state index contributed by atoms with van der Waals surface area (Å²) >= 11 is 0. The lowest BCUT2D eigenvalue weighted by molar-refractivity contribution is -0.123.